The highest BCUT2D eigenvalue weighted by atomic mass is 16.5. The second-order valence-corrected chi connectivity index (χ2v) is 7.66. The summed E-state index contributed by atoms with van der Waals surface area (Å²) in [5.41, 5.74) is 2.74. The van der Waals surface area contributed by atoms with Gasteiger partial charge in [0.2, 0.25) is 5.91 Å². The lowest BCUT2D eigenvalue weighted by atomic mass is 9.93. The van der Waals surface area contributed by atoms with Gasteiger partial charge in [-0.05, 0) is 31.0 Å². The Morgan fingerprint density at radius 2 is 2.10 bits per heavy atom. The van der Waals surface area contributed by atoms with Gasteiger partial charge in [0.15, 0.2) is 5.82 Å². The van der Waals surface area contributed by atoms with Gasteiger partial charge in [0.1, 0.15) is 11.6 Å². The van der Waals surface area contributed by atoms with Gasteiger partial charge >= 0.3 is 0 Å². The van der Waals surface area contributed by atoms with Crippen LogP contribution >= 0.6 is 0 Å². The predicted molar refractivity (Wildman–Crippen MR) is 120 cm³/mol. The number of aromatic nitrogens is 3. The Hall–Kier alpha value is -3.48. The molecule has 1 unspecified atom stereocenters. The van der Waals surface area contributed by atoms with Crippen molar-refractivity contribution in [3.63, 3.8) is 0 Å². The summed E-state index contributed by atoms with van der Waals surface area (Å²) in [4.78, 5) is 28.6. The Kier molecular flexibility index (Phi) is 6.40. The van der Waals surface area contributed by atoms with Crippen LogP contribution in [0.2, 0.25) is 0 Å². The molecule has 1 amide bonds. The molecule has 31 heavy (non-hydrogen) atoms. The first-order chi connectivity index (χ1) is 15.2. The fourth-order valence-corrected chi connectivity index (χ4v) is 4.00. The predicted octanol–water partition coefficient (Wildman–Crippen LogP) is 3.54. The van der Waals surface area contributed by atoms with Crippen LogP contribution in [0, 0.1) is 0 Å². The Bertz CT molecular complexity index is 1040. The molecule has 7 nitrogen and oxygen atoms in total. The van der Waals surface area contributed by atoms with E-state index in [2.05, 4.69) is 15.3 Å². The average Bonchev–Trinajstić information content (AvgIpc) is 2.84. The van der Waals surface area contributed by atoms with Crippen molar-refractivity contribution >= 4 is 11.7 Å². The third kappa shape index (κ3) is 4.82. The SMILES string of the molecule is CNc1cc(C2CCCN(C(=O)Cc3ccccc3OC)C2)nc(-c2cccnc2)n1. The number of ether oxygens (including phenoxy) is 1. The molecule has 0 saturated carbocycles. The number of nitrogens with zero attached hydrogens (tertiary/aromatic N) is 4. The van der Waals surface area contributed by atoms with Crippen LogP contribution in [0.5, 0.6) is 5.75 Å². The first kappa shape index (κ1) is 20.8. The summed E-state index contributed by atoms with van der Waals surface area (Å²) in [6.45, 7) is 1.42. The fourth-order valence-electron chi connectivity index (χ4n) is 4.00. The molecule has 1 aliphatic rings. The second-order valence-electron chi connectivity index (χ2n) is 7.66. The van der Waals surface area contributed by atoms with Crippen LogP contribution in [0.3, 0.4) is 0 Å². The van der Waals surface area contributed by atoms with E-state index in [1.807, 2.05) is 54.4 Å². The van der Waals surface area contributed by atoms with Crippen LogP contribution in [0.25, 0.3) is 11.4 Å². The Morgan fingerprint density at radius 3 is 2.87 bits per heavy atom. The quantitative estimate of drug-likeness (QED) is 0.661. The highest BCUT2D eigenvalue weighted by Crippen LogP contribution is 2.29. The first-order valence-corrected chi connectivity index (χ1v) is 10.5. The number of hydrogen-bond acceptors (Lipinski definition) is 6. The lowest BCUT2D eigenvalue weighted by molar-refractivity contribution is -0.131. The van der Waals surface area contributed by atoms with Gasteiger partial charge in [-0.1, -0.05) is 18.2 Å². The average molecular weight is 418 g/mol. The highest BCUT2D eigenvalue weighted by Gasteiger charge is 2.27. The van der Waals surface area contributed by atoms with Crippen LogP contribution in [-0.4, -0.2) is 53.0 Å². The number of para-hydroxylation sites is 1. The van der Waals surface area contributed by atoms with Crippen LogP contribution in [0.15, 0.2) is 54.9 Å². The van der Waals surface area contributed by atoms with E-state index >= 15 is 0 Å². The third-order valence-electron chi connectivity index (χ3n) is 5.65. The molecule has 1 aromatic carbocycles. The molecule has 3 aromatic rings. The zero-order chi connectivity index (χ0) is 21.6. The molecule has 1 N–H and O–H groups in total. The molecule has 0 spiro atoms. The maximum atomic E-state index is 13.0. The van der Waals surface area contributed by atoms with Gasteiger partial charge in [-0.25, -0.2) is 9.97 Å². The third-order valence-corrected chi connectivity index (χ3v) is 5.65. The summed E-state index contributed by atoms with van der Waals surface area (Å²) >= 11 is 0. The minimum atomic E-state index is 0.115. The molecular weight excluding hydrogens is 390 g/mol. The zero-order valence-corrected chi connectivity index (χ0v) is 17.9. The lowest BCUT2D eigenvalue weighted by Gasteiger charge is -2.33. The standard InChI is InChI=1S/C24H27N5O2/c1-25-22-14-20(27-24(28-22)18-8-5-11-26-15-18)19-9-6-12-29(16-19)23(30)13-17-7-3-4-10-21(17)31-2/h3-5,7-8,10-11,14-15,19H,6,9,12-13,16H2,1-2H3,(H,25,27,28). The molecule has 0 bridgehead atoms. The largest absolute Gasteiger partial charge is 0.496 e. The van der Waals surface area contributed by atoms with Crippen molar-refractivity contribution in [1.82, 2.24) is 19.9 Å². The van der Waals surface area contributed by atoms with Crippen LogP contribution in [0.4, 0.5) is 5.82 Å². The van der Waals surface area contributed by atoms with E-state index in [0.717, 1.165) is 47.8 Å². The van der Waals surface area contributed by atoms with Gasteiger partial charge in [-0.3, -0.25) is 9.78 Å². The molecule has 160 valence electrons. The minimum Gasteiger partial charge on any atom is -0.496 e. The van der Waals surface area contributed by atoms with Crippen molar-refractivity contribution in [3.05, 3.63) is 66.1 Å². The number of nitrogens with one attached hydrogen (secondary N) is 1. The molecule has 1 fully saturated rings. The number of methoxy groups -OCH3 is 1. The number of likely N-dealkylation sites (tertiary alicyclic amines) is 1. The highest BCUT2D eigenvalue weighted by molar-refractivity contribution is 5.79. The number of carbonyl (C=O) groups is 1. The molecule has 7 heteroatoms. The molecule has 1 aliphatic heterocycles. The monoisotopic (exact) mass is 417 g/mol. The van der Waals surface area contributed by atoms with Crippen molar-refractivity contribution in [2.24, 2.45) is 0 Å². The van der Waals surface area contributed by atoms with E-state index in [1.165, 1.54) is 0 Å². The van der Waals surface area contributed by atoms with Gasteiger partial charge in [0, 0.05) is 55.6 Å². The molecule has 0 aliphatic carbocycles. The smallest absolute Gasteiger partial charge is 0.227 e. The maximum absolute atomic E-state index is 13.0. The number of pyridine rings is 1. The van der Waals surface area contributed by atoms with E-state index in [1.54, 1.807) is 19.5 Å². The molecule has 1 saturated heterocycles. The van der Waals surface area contributed by atoms with E-state index in [0.29, 0.717) is 18.8 Å². The summed E-state index contributed by atoms with van der Waals surface area (Å²) in [5.74, 6) is 2.44. The van der Waals surface area contributed by atoms with Gasteiger partial charge in [-0.15, -0.1) is 0 Å². The van der Waals surface area contributed by atoms with Gasteiger partial charge in [0.05, 0.1) is 19.2 Å². The number of amides is 1. The van der Waals surface area contributed by atoms with Gasteiger partial charge in [-0.2, -0.15) is 0 Å². The Balaban J connectivity index is 1.53. The van der Waals surface area contributed by atoms with Gasteiger partial charge in [0.25, 0.3) is 0 Å². The molecule has 1 atom stereocenters. The summed E-state index contributed by atoms with van der Waals surface area (Å²) in [6.07, 6.45) is 5.78. The van der Waals surface area contributed by atoms with Gasteiger partial charge < -0.3 is 15.0 Å². The number of rotatable bonds is 6. The molecule has 2 aromatic heterocycles. The van der Waals surface area contributed by atoms with Crippen LogP contribution < -0.4 is 10.1 Å². The van der Waals surface area contributed by atoms with Crippen LogP contribution in [0.1, 0.15) is 30.0 Å². The number of benzene rings is 1. The first-order valence-electron chi connectivity index (χ1n) is 10.5. The lowest BCUT2D eigenvalue weighted by Crippen LogP contribution is -2.40. The normalized spacial score (nSPS) is 16.1. The summed E-state index contributed by atoms with van der Waals surface area (Å²) in [5, 5.41) is 3.13. The fraction of sp³-hybridized carbons (Fsp3) is 0.333. The maximum Gasteiger partial charge on any atom is 0.227 e. The van der Waals surface area contributed by atoms with Crippen molar-refractivity contribution < 1.29 is 9.53 Å². The number of carbonyl (C=O) groups excluding carboxylic acids is 1. The molecule has 3 heterocycles. The van der Waals surface area contributed by atoms with Crippen molar-refractivity contribution in [3.8, 4) is 17.1 Å². The topological polar surface area (TPSA) is 80.2 Å². The van der Waals surface area contributed by atoms with E-state index < -0.39 is 0 Å². The van der Waals surface area contributed by atoms with Crippen molar-refractivity contribution in [1.29, 1.82) is 0 Å². The van der Waals surface area contributed by atoms with Crippen LogP contribution in [-0.2, 0) is 11.2 Å². The number of piperidine rings is 1. The van der Waals surface area contributed by atoms with E-state index in [9.17, 15) is 4.79 Å². The number of anilines is 1. The molecular formula is C24H27N5O2. The minimum absolute atomic E-state index is 0.115. The van der Waals surface area contributed by atoms with Crippen molar-refractivity contribution in [2.45, 2.75) is 25.2 Å². The second kappa shape index (κ2) is 9.55. The number of hydrogen-bond donors (Lipinski definition) is 1. The molecule has 0 radical (unpaired) electrons. The Morgan fingerprint density at radius 1 is 1.23 bits per heavy atom. The molecule has 4 rings (SSSR count). The van der Waals surface area contributed by atoms with E-state index in [-0.39, 0.29) is 11.8 Å². The van der Waals surface area contributed by atoms with E-state index in [4.69, 9.17) is 9.72 Å². The summed E-state index contributed by atoms with van der Waals surface area (Å²) in [7, 11) is 3.48. The van der Waals surface area contributed by atoms with Crippen molar-refractivity contribution in [2.75, 3.05) is 32.6 Å². The summed E-state index contributed by atoms with van der Waals surface area (Å²) < 4.78 is 5.40. The zero-order valence-electron chi connectivity index (χ0n) is 17.9. The summed E-state index contributed by atoms with van der Waals surface area (Å²) in [6, 6.07) is 13.5. The Labute approximate surface area is 182 Å².